The zero-order valence-corrected chi connectivity index (χ0v) is 10.2. The summed E-state index contributed by atoms with van der Waals surface area (Å²) in [5.74, 6) is -0.220. The van der Waals surface area contributed by atoms with E-state index in [-0.39, 0.29) is 11.5 Å². The Kier molecular flexibility index (Phi) is 2.97. The molecule has 0 aromatic rings. The van der Waals surface area contributed by atoms with Crippen LogP contribution in [0.5, 0.6) is 0 Å². The molecule has 0 radical (unpaired) electrons. The fourth-order valence-electron chi connectivity index (χ4n) is 2.50. The van der Waals surface area contributed by atoms with Gasteiger partial charge in [-0.15, -0.1) is 0 Å². The van der Waals surface area contributed by atoms with Gasteiger partial charge in [0.1, 0.15) is 5.54 Å². The van der Waals surface area contributed by atoms with Gasteiger partial charge >= 0.3 is 0 Å². The lowest BCUT2D eigenvalue weighted by Gasteiger charge is -2.45. The average molecular weight is 226 g/mol. The second-order valence-corrected chi connectivity index (χ2v) is 5.44. The van der Waals surface area contributed by atoms with Gasteiger partial charge in [-0.05, 0) is 32.6 Å². The quantitative estimate of drug-likeness (QED) is 0.750. The number of amides is 1. The summed E-state index contributed by atoms with van der Waals surface area (Å²) < 4.78 is 5.77. The van der Waals surface area contributed by atoms with Crippen molar-refractivity contribution in [1.29, 1.82) is 0 Å². The Labute approximate surface area is 96.9 Å². The molecule has 1 saturated carbocycles. The SMILES string of the molecule is CCC1(C)CC(NC2CC2)(C(N)=O)CCO1. The highest BCUT2D eigenvalue weighted by molar-refractivity contribution is 5.85. The van der Waals surface area contributed by atoms with Gasteiger partial charge in [0.05, 0.1) is 5.60 Å². The van der Waals surface area contributed by atoms with Gasteiger partial charge in [0.15, 0.2) is 0 Å². The molecule has 0 spiro atoms. The molecule has 2 fully saturated rings. The van der Waals surface area contributed by atoms with Crippen LogP contribution in [-0.2, 0) is 9.53 Å². The molecule has 92 valence electrons. The van der Waals surface area contributed by atoms with Crippen LogP contribution < -0.4 is 11.1 Å². The van der Waals surface area contributed by atoms with E-state index in [1.54, 1.807) is 0 Å². The molecule has 4 heteroatoms. The summed E-state index contributed by atoms with van der Waals surface area (Å²) in [6, 6.07) is 0.492. The molecule has 2 rings (SSSR count). The molecule has 1 aliphatic heterocycles. The Morgan fingerprint density at radius 2 is 2.25 bits per heavy atom. The van der Waals surface area contributed by atoms with E-state index in [0.717, 1.165) is 6.42 Å². The van der Waals surface area contributed by atoms with Crippen molar-refractivity contribution in [1.82, 2.24) is 5.32 Å². The van der Waals surface area contributed by atoms with Gasteiger partial charge in [0.2, 0.25) is 5.91 Å². The number of primary amides is 1. The van der Waals surface area contributed by atoms with Crippen LogP contribution in [0.4, 0.5) is 0 Å². The van der Waals surface area contributed by atoms with Crippen LogP contribution >= 0.6 is 0 Å². The summed E-state index contributed by atoms with van der Waals surface area (Å²) >= 11 is 0. The van der Waals surface area contributed by atoms with E-state index in [9.17, 15) is 4.79 Å². The van der Waals surface area contributed by atoms with E-state index in [1.165, 1.54) is 12.8 Å². The van der Waals surface area contributed by atoms with Crippen molar-refractivity contribution in [3.8, 4) is 0 Å². The highest BCUT2D eigenvalue weighted by Crippen LogP contribution is 2.36. The third kappa shape index (κ3) is 2.23. The highest BCUT2D eigenvalue weighted by atomic mass is 16.5. The zero-order chi connectivity index (χ0) is 11.8. The largest absolute Gasteiger partial charge is 0.375 e. The predicted molar refractivity (Wildman–Crippen MR) is 62.0 cm³/mol. The lowest BCUT2D eigenvalue weighted by molar-refractivity contribution is -0.141. The first-order valence-electron chi connectivity index (χ1n) is 6.21. The van der Waals surface area contributed by atoms with E-state index in [2.05, 4.69) is 19.2 Å². The van der Waals surface area contributed by atoms with Gasteiger partial charge in [-0.1, -0.05) is 6.92 Å². The number of hydrogen-bond donors (Lipinski definition) is 2. The molecule has 1 amide bonds. The molecule has 16 heavy (non-hydrogen) atoms. The first-order chi connectivity index (χ1) is 7.50. The molecule has 0 bridgehead atoms. The van der Waals surface area contributed by atoms with Crippen LogP contribution in [0.25, 0.3) is 0 Å². The number of ether oxygens (including phenoxy) is 1. The second-order valence-electron chi connectivity index (χ2n) is 5.44. The van der Waals surface area contributed by atoms with Gasteiger partial charge < -0.3 is 15.8 Å². The van der Waals surface area contributed by atoms with Gasteiger partial charge in [0.25, 0.3) is 0 Å². The standard InChI is InChI=1S/C12H22N2O2/c1-3-11(2)8-12(10(13)15,6-7-16-11)14-9-4-5-9/h9,14H,3-8H2,1-2H3,(H2,13,15). The van der Waals surface area contributed by atoms with Crippen molar-refractivity contribution in [2.45, 2.75) is 63.1 Å². The molecule has 0 aromatic carbocycles. The van der Waals surface area contributed by atoms with Crippen LogP contribution in [0.15, 0.2) is 0 Å². The molecule has 1 heterocycles. The molecular weight excluding hydrogens is 204 g/mol. The number of rotatable bonds is 4. The Morgan fingerprint density at radius 1 is 1.56 bits per heavy atom. The number of carbonyl (C=O) groups is 1. The van der Waals surface area contributed by atoms with Crippen LogP contribution in [0.2, 0.25) is 0 Å². The first-order valence-corrected chi connectivity index (χ1v) is 6.21. The van der Waals surface area contributed by atoms with Crippen molar-refractivity contribution < 1.29 is 9.53 Å². The van der Waals surface area contributed by atoms with E-state index in [1.807, 2.05) is 0 Å². The third-order valence-corrected chi connectivity index (χ3v) is 3.93. The van der Waals surface area contributed by atoms with E-state index < -0.39 is 5.54 Å². The Morgan fingerprint density at radius 3 is 2.75 bits per heavy atom. The van der Waals surface area contributed by atoms with E-state index in [4.69, 9.17) is 10.5 Å². The summed E-state index contributed by atoms with van der Waals surface area (Å²) in [5.41, 5.74) is 4.85. The van der Waals surface area contributed by atoms with Crippen LogP contribution in [0.3, 0.4) is 0 Å². The van der Waals surface area contributed by atoms with Crippen LogP contribution in [0, 0.1) is 0 Å². The predicted octanol–water partition coefficient (Wildman–Crippen LogP) is 0.942. The topological polar surface area (TPSA) is 64.3 Å². The maximum atomic E-state index is 11.7. The molecule has 2 unspecified atom stereocenters. The molecule has 2 atom stereocenters. The van der Waals surface area contributed by atoms with Gasteiger partial charge in [-0.25, -0.2) is 0 Å². The third-order valence-electron chi connectivity index (χ3n) is 3.93. The first kappa shape index (κ1) is 11.9. The Balaban J connectivity index is 2.14. The summed E-state index contributed by atoms with van der Waals surface area (Å²) in [4.78, 5) is 11.7. The summed E-state index contributed by atoms with van der Waals surface area (Å²) in [5, 5.41) is 3.44. The van der Waals surface area contributed by atoms with Crippen LogP contribution in [-0.4, -0.2) is 29.7 Å². The number of carbonyl (C=O) groups excluding carboxylic acids is 1. The number of nitrogens with two attached hydrogens (primary N) is 1. The minimum absolute atomic E-state index is 0.213. The van der Waals surface area contributed by atoms with Crippen molar-refractivity contribution in [2.24, 2.45) is 5.73 Å². The molecule has 1 saturated heterocycles. The lowest BCUT2D eigenvalue weighted by atomic mass is 9.78. The van der Waals surface area contributed by atoms with Crippen molar-refractivity contribution in [2.75, 3.05) is 6.61 Å². The Bertz CT molecular complexity index is 291. The molecule has 3 N–H and O–H groups in total. The summed E-state index contributed by atoms with van der Waals surface area (Å²) in [6.07, 6.45) is 4.64. The fourth-order valence-corrected chi connectivity index (χ4v) is 2.50. The number of nitrogens with one attached hydrogen (secondary N) is 1. The molecular formula is C12H22N2O2. The maximum absolute atomic E-state index is 11.7. The minimum atomic E-state index is -0.538. The highest BCUT2D eigenvalue weighted by Gasteiger charge is 2.48. The van der Waals surface area contributed by atoms with Crippen LogP contribution in [0.1, 0.15) is 46.0 Å². The monoisotopic (exact) mass is 226 g/mol. The van der Waals surface area contributed by atoms with Gasteiger partial charge in [-0.2, -0.15) is 0 Å². The van der Waals surface area contributed by atoms with Gasteiger partial charge in [0, 0.05) is 19.1 Å². The summed E-state index contributed by atoms with van der Waals surface area (Å²) in [6.45, 7) is 4.78. The Hall–Kier alpha value is -0.610. The van der Waals surface area contributed by atoms with Crippen molar-refractivity contribution in [3.63, 3.8) is 0 Å². The zero-order valence-electron chi connectivity index (χ0n) is 10.2. The lowest BCUT2D eigenvalue weighted by Crippen LogP contribution is -2.63. The normalized spacial score (nSPS) is 39.6. The maximum Gasteiger partial charge on any atom is 0.237 e. The molecule has 1 aliphatic carbocycles. The molecule has 4 nitrogen and oxygen atoms in total. The molecule has 0 aromatic heterocycles. The van der Waals surface area contributed by atoms with Crippen molar-refractivity contribution in [3.05, 3.63) is 0 Å². The van der Waals surface area contributed by atoms with E-state index >= 15 is 0 Å². The average Bonchev–Trinajstić information content (AvgIpc) is 3.01. The minimum Gasteiger partial charge on any atom is -0.375 e. The molecule has 2 aliphatic rings. The summed E-state index contributed by atoms with van der Waals surface area (Å²) in [7, 11) is 0. The smallest absolute Gasteiger partial charge is 0.237 e. The van der Waals surface area contributed by atoms with Crippen molar-refractivity contribution >= 4 is 5.91 Å². The second kappa shape index (κ2) is 4.00. The van der Waals surface area contributed by atoms with E-state index in [0.29, 0.717) is 25.5 Å². The number of hydrogen-bond acceptors (Lipinski definition) is 3. The fraction of sp³-hybridized carbons (Fsp3) is 0.917. The van der Waals surface area contributed by atoms with Gasteiger partial charge in [-0.3, -0.25) is 4.79 Å².